The maximum Gasteiger partial charge on any atom is 0.272 e. The summed E-state index contributed by atoms with van der Waals surface area (Å²) in [5.41, 5.74) is 3.13. The summed E-state index contributed by atoms with van der Waals surface area (Å²) in [5.74, 6) is -0.820. The second kappa shape index (κ2) is 12.9. The molecule has 3 rings (SSSR count). The molecule has 0 bridgehead atoms. The molecule has 11 nitrogen and oxygen atoms in total. The highest BCUT2D eigenvalue weighted by Crippen LogP contribution is 2.23. The summed E-state index contributed by atoms with van der Waals surface area (Å²) < 4.78 is 5.11. The second-order valence-electron chi connectivity index (χ2n) is 11.3. The Morgan fingerprint density at radius 1 is 0.775 bits per heavy atom. The number of aryl methyl sites for hydroxylation is 3. The van der Waals surface area contributed by atoms with E-state index in [1.165, 1.54) is 0 Å². The lowest BCUT2D eigenvalue weighted by molar-refractivity contribution is 0.0942. The number of aromatic nitrogens is 3. The minimum absolute atomic E-state index is 0.0826. The Bertz CT molecular complexity index is 1350. The molecule has 0 atom stereocenters. The fourth-order valence-electron chi connectivity index (χ4n) is 4.73. The largest absolute Gasteiger partial charge is 0.379 e. The Balaban J connectivity index is 1.63. The zero-order valence-electron chi connectivity index (χ0n) is 25.0. The van der Waals surface area contributed by atoms with E-state index in [0.717, 1.165) is 31.5 Å². The van der Waals surface area contributed by atoms with E-state index in [1.807, 2.05) is 33.4 Å². The molecule has 0 aliphatic heterocycles. The molecule has 0 fully saturated rings. The van der Waals surface area contributed by atoms with Gasteiger partial charge in [-0.25, -0.2) is 0 Å². The van der Waals surface area contributed by atoms with E-state index in [2.05, 4.69) is 46.9 Å². The van der Waals surface area contributed by atoms with Gasteiger partial charge < -0.3 is 39.9 Å². The SMILES string of the molecule is CCCC(C)(C)Nc1cc(C(=O)Nc2cc(C(=O)Nc3cc(C(=O)NCCCN(C)C)n(C)c3)n(C)c2)n(C)c1. The molecule has 0 saturated carbocycles. The van der Waals surface area contributed by atoms with E-state index < -0.39 is 0 Å². The number of hydrogen-bond acceptors (Lipinski definition) is 5. The van der Waals surface area contributed by atoms with E-state index in [4.69, 9.17) is 0 Å². The van der Waals surface area contributed by atoms with Gasteiger partial charge >= 0.3 is 0 Å². The summed E-state index contributed by atoms with van der Waals surface area (Å²) >= 11 is 0. The van der Waals surface area contributed by atoms with Crippen molar-refractivity contribution < 1.29 is 14.4 Å². The molecule has 0 aliphatic carbocycles. The third-order valence-corrected chi connectivity index (χ3v) is 6.65. The molecule has 0 aromatic carbocycles. The van der Waals surface area contributed by atoms with Crippen molar-refractivity contribution in [3.63, 3.8) is 0 Å². The molecule has 0 spiro atoms. The van der Waals surface area contributed by atoms with Crippen LogP contribution < -0.4 is 21.3 Å². The normalized spacial score (nSPS) is 11.5. The van der Waals surface area contributed by atoms with Crippen molar-refractivity contribution in [1.29, 1.82) is 0 Å². The highest BCUT2D eigenvalue weighted by Gasteiger charge is 2.21. The average molecular weight is 553 g/mol. The Labute approximate surface area is 236 Å². The van der Waals surface area contributed by atoms with Crippen LogP contribution in [-0.4, -0.2) is 69.0 Å². The zero-order chi connectivity index (χ0) is 29.6. The molecule has 3 heterocycles. The summed E-state index contributed by atoms with van der Waals surface area (Å²) in [7, 11) is 9.31. The fraction of sp³-hybridized carbons (Fsp3) is 0.483. The van der Waals surface area contributed by atoms with Gasteiger partial charge in [0.25, 0.3) is 17.7 Å². The minimum atomic E-state index is -0.352. The number of amides is 3. The van der Waals surface area contributed by atoms with Crippen molar-refractivity contribution in [2.45, 2.75) is 45.6 Å². The lowest BCUT2D eigenvalue weighted by Gasteiger charge is -2.26. The van der Waals surface area contributed by atoms with Gasteiger partial charge in [-0.2, -0.15) is 0 Å². The Morgan fingerprint density at radius 2 is 1.23 bits per heavy atom. The quantitative estimate of drug-likeness (QED) is 0.240. The number of carbonyl (C=O) groups is 3. The second-order valence-corrected chi connectivity index (χ2v) is 11.3. The van der Waals surface area contributed by atoms with Gasteiger partial charge in [0, 0.05) is 51.8 Å². The van der Waals surface area contributed by atoms with Crippen LogP contribution in [0.15, 0.2) is 36.8 Å². The number of nitrogens with zero attached hydrogens (tertiary/aromatic N) is 4. The van der Waals surface area contributed by atoms with Crippen LogP contribution in [0.1, 0.15) is 71.5 Å². The molecule has 11 heteroatoms. The Kier molecular flexibility index (Phi) is 9.86. The third-order valence-electron chi connectivity index (χ3n) is 6.65. The third kappa shape index (κ3) is 8.01. The highest BCUT2D eigenvalue weighted by molar-refractivity contribution is 6.07. The molecule has 40 heavy (non-hydrogen) atoms. The number of anilines is 3. The molecule has 0 unspecified atom stereocenters. The van der Waals surface area contributed by atoms with Crippen molar-refractivity contribution in [2.75, 3.05) is 43.1 Å². The van der Waals surface area contributed by atoms with Crippen molar-refractivity contribution in [3.05, 3.63) is 53.9 Å². The molecule has 0 saturated heterocycles. The summed E-state index contributed by atoms with van der Waals surface area (Å²) in [4.78, 5) is 40.7. The van der Waals surface area contributed by atoms with Crippen LogP contribution in [0, 0.1) is 0 Å². The standard InChI is InChI=1S/C29H44N8O3/c1-9-11-29(2,3)33-22-16-25(37(8)19-22)28(40)32-21-15-24(36(7)18-21)27(39)31-20-14-23(35(6)17-20)26(38)30-12-10-13-34(4)5/h14-19,33H,9-13H2,1-8H3,(H,30,38)(H,31,39)(H,32,40). The van der Waals surface area contributed by atoms with E-state index in [9.17, 15) is 14.4 Å². The average Bonchev–Trinajstić information content (AvgIpc) is 3.51. The molecular formula is C29H44N8O3. The molecular weight excluding hydrogens is 508 g/mol. The van der Waals surface area contributed by atoms with Gasteiger partial charge in [0.05, 0.1) is 17.1 Å². The lowest BCUT2D eigenvalue weighted by Crippen LogP contribution is -2.30. The van der Waals surface area contributed by atoms with Gasteiger partial charge in [0.1, 0.15) is 17.1 Å². The molecule has 4 N–H and O–H groups in total. The van der Waals surface area contributed by atoms with E-state index in [1.54, 1.807) is 52.3 Å². The van der Waals surface area contributed by atoms with Gasteiger partial charge in [-0.1, -0.05) is 13.3 Å². The molecule has 3 amide bonds. The Morgan fingerprint density at radius 3 is 1.70 bits per heavy atom. The van der Waals surface area contributed by atoms with Crippen LogP contribution in [0.3, 0.4) is 0 Å². The molecule has 0 aliphatic rings. The topological polar surface area (TPSA) is 117 Å². The smallest absolute Gasteiger partial charge is 0.272 e. The number of hydrogen-bond donors (Lipinski definition) is 4. The minimum Gasteiger partial charge on any atom is -0.379 e. The zero-order valence-corrected chi connectivity index (χ0v) is 25.0. The summed E-state index contributed by atoms with van der Waals surface area (Å²) in [6.45, 7) is 7.87. The van der Waals surface area contributed by atoms with E-state index in [-0.39, 0.29) is 23.3 Å². The van der Waals surface area contributed by atoms with Crippen molar-refractivity contribution in [1.82, 2.24) is 23.9 Å². The summed E-state index contributed by atoms with van der Waals surface area (Å²) in [6, 6.07) is 5.10. The first-order valence-corrected chi connectivity index (χ1v) is 13.6. The maximum atomic E-state index is 13.0. The van der Waals surface area contributed by atoms with Crippen LogP contribution in [0.25, 0.3) is 0 Å². The number of rotatable bonds is 13. The van der Waals surface area contributed by atoms with Crippen molar-refractivity contribution >= 4 is 34.8 Å². The molecule has 218 valence electrons. The number of carbonyl (C=O) groups excluding carboxylic acids is 3. The van der Waals surface area contributed by atoms with Gasteiger partial charge in [0.15, 0.2) is 0 Å². The summed E-state index contributed by atoms with van der Waals surface area (Å²) in [5, 5.41) is 12.1. The van der Waals surface area contributed by atoms with Gasteiger partial charge in [-0.05, 0) is 65.5 Å². The molecule has 3 aromatic rings. The van der Waals surface area contributed by atoms with E-state index >= 15 is 0 Å². The van der Waals surface area contributed by atoms with Crippen molar-refractivity contribution in [3.8, 4) is 0 Å². The van der Waals surface area contributed by atoms with Crippen LogP contribution in [0.5, 0.6) is 0 Å². The predicted octanol–water partition coefficient (Wildman–Crippen LogP) is 3.88. The maximum absolute atomic E-state index is 13.0. The Hall–Kier alpha value is -3.99. The van der Waals surface area contributed by atoms with Gasteiger partial charge in [0.2, 0.25) is 0 Å². The molecule has 3 aromatic heterocycles. The van der Waals surface area contributed by atoms with Gasteiger partial charge in [-0.3, -0.25) is 14.4 Å². The highest BCUT2D eigenvalue weighted by atomic mass is 16.2. The predicted molar refractivity (Wildman–Crippen MR) is 160 cm³/mol. The van der Waals surface area contributed by atoms with Gasteiger partial charge in [-0.15, -0.1) is 0 Å². The first-order valence-electron chi connectivity index (χ1n) is 13.6. The fourth-order valence-corrected chi connectivity index (χ4v) is 4.73. The van der Waals surface area contributed by atoms with Crippen LogP contribution in [0.2, 0.25) is 0 Å². The first kappa shape index (κ1) is 30.6. The van der Waals surface area contributed by atoms with Crippen molar-refractivity contribution in [2.24, 2.45) is 21.1 Å². The van der Waals surface area contributed by atoms with E-state index in [0.29, 0.717) is 35.0 Å². The van der Waals surface area contributed by atoms with Crippen LogP contribution in [0.4, 0.5) is 17.1 Å². The summed E-state index contributed by atoms with van der Waals surface area (Å²) in [6.07, 6.45) is 8.19. The first-order chi connectivity index (χ1) is 18.8. The monoisotopic (exact) mass is 552 g/mol. The van der Waals surface area contributed by atoms with Crippen LogP contribution in [-0.2, 0) is 21.1 Å². The molecule has 0 radical (unpaired) electrons. The van der Waals surface area contributed by atoms with Crippen LogP contribution >= 0.6 is 0 Å². The lowest BCUT2D eigenvalue weighted by atomic mass is 9.99. The number of nitrogens with one attached hydrogen (secondary N) is 4.